The minimum Gasteiger partial charge on any atom is -0.384 e. The Balaban J connectivity index is 2.49. The molecule has 0 atom stereocenters. The van der Waals surface area contributed by atoms with Gasteiger partial charge in [-0.2, -0.15) is 0 Å². The molecule has 1 N–H and O–H groups in total. The van der Waals surface area contributed by atoms with Gasteiger partial charge >= 0.3 is 0 Å². The van der Waals surface area contributed by atoms with Crippen LogP contribution in [0.15, 0.2) is 18.3 Å². The second-order valence-corrected chi connectivity index (χ2v) is 5.22. The fourth-order valence-electron chi connectivity index (χ4n) is 1.84. The van der Waals surface area contributed by atoms with E-state index in [2.05, 4.69) is 55.0 Å². The van der Waals surface area contributed by atoms with Crippen molar-refractivity contribution >= 4 is 11.5 Å². The molecular weight excluding hydrogens is 238 g/mol. The lowest BCUT2D eigenvalue weighted by Crippen LogP contribution is -2.26. The predicted octanol–water partition coefficient (Wildman–Crippen LogP) is 3.15. The summed E-state index contributed by atoms with van der Waals surface area (Å²) >= 11 is 0. The molecule has 0 radical (unpaired) electrons. The van der Waals surface area contributed by atoms with Crippen molar-refractivity contribution in [2.45, 2.75) is 39.7 Å². The first-order chi connectivity index (χ1) is 9.02. The minimum atomic E-state index is -0.0818. The monoisotopic (exact) mass is 265 g/mol. The average molecular weight is 265 g/mol. The molecule has 1 heterocycles. The SMILES string of the molecule is CCN(CC)c1ccc(NCCC(C)(C)OC)cn1. The molecule has 19 heavy (non-hydrogen) atoms. The summed E-state index contributed by atoms with van der Waals surface area (Å²) in [6.45, 7) is 11.3. The van der Waals surface area contributed by atoms with Gasteiger partial charge < -0.3 is 15.0 Å². The number of aromatic nitrogens is 1. The van der Waals surface area contributed by atoms with Crippen LogP contribution in [0.25, 0.3) is 0 Å². The Hall–Kier alpha value is -1.29. The smallest absolute Gasteiger partial charge is 0.128 e. The largest absolute Gasteiger partial charge is 0.384 e. The van der Waals surface area contributed by atoms with Crippen molar-refractivity contribution < 1.29 is 4.74 Å². The maximum Gasteiger partial charge on any atom is 0.128 e. The molecule has 0 unspecified atom stereocenters. The van der Waals surface area contributed by atoms with E-state index in [4.69, 9.17) is 4.74 Å². The van der Waals surface area contributed by atoms with E-state index < -0.39 is 0 Å². The van der Waals surface area contributed by atoms with Crippen LogP contribution in [0.5, 0.6) is 0 Å². The number of pyridine rings is 1. The number of ether oxygens (including phenoxy) is 1. The van der Waals surface area contributed by atoms with Gasteiger partial charge in [0, 0.05) is 26.7 Å². The van der Waals surface area contributed by atoms with Crippen LogP contribution in [-0.2, 0) is 4.74 Å². The quantitative estimate of drug-likeness (QED) is 0.783. The highest BCUT2D eigenvalue weighted by molar-refractivity contribution is 5.48. The lowest BCUT2D eigenvalue weighted by atomic mass is 10.1. The zero-order valence-electron chi connectivity index (χ0n) is 12.9. The molecule has 0 amide bonds. The normalized spacial score (nSPS) is 11.4. The van der Waals surface area contributed by atoms with E-state index in [9.17, 15) is 0 Å². The van der Waals surface area contributed by atoms with Crippen molar-refractivity contribution in [1.29, 1.82) is 0 Å². The molecule has 0 saturated carbocycles. The Kier molecular flexibility index (Phi) is 6.09. The van der Waals surface area contributed by atoms with Gasteiger partial charge in [0.25, 0.3) is 0 Å². The lowest BCUT2D eigenvalue weighted by molar-refractivity contribution is 0.0185. The van der Waals surface area contributed by atoms with Crippen LogP contribution in [0.3, 0.4) is 0 Å². The molecule has 0 aliphatic carbocycles. The summed E-state index contributed by atoms with van der Waals surface area (Å²) in [5.74, 6) is 1.03. The van der Waals surface area contributed by atoms with Crippen molar-refractivity contribution in [3.8, 4) is 0 Å². The fourth-order valence-corrected chi connectivity index (χ4v) is 1.84. The molecule has 0 aliphatic rings. The standard InChI is InChI=1S/C15H27N3O/c1-6-18(7-2)14-9-8-13(12-17-14)16-11-10-15(3,4)19-5/h8-9,12,16H,6-7,10-11H2,1-5H3. The number of nitrogens with one attached hydrogen (secondary N) is 1. The van der Waals surface area contributed by atoms with Gasteiger partial charge in [0.15, 0.2) is 0 Å². The Labute approximate surface area is 117 Å². The minimum absolute atomic E-state index is 0.0818. The Morgan fingerprint density at radius 1 is 1.26 bits per heavy atom. The van der Waals surface area contributed by atoms with E-state index in [0.717, 1.165) is 37.6 Å². The van der Waals surface area contributed by atoms with E-state index in [1.807, 2.05) is 6.20 Å². The lowest BCUT2D eigenvalue weighted by Gasteiger charge is -2.23. The van der Waals surface area contributed by atoms with Crippen LogP contribution in [0, 0.1) is 0 Å². The summed E-state index contributed by atoms with van der Waals surface area (Å²) in [6.07, 6.45) is 2.86. The molecule has 0 bridgehead atoms. The van der Waals surface area contributed by atoms with Crippen LogP contribution in [0.2, 0.25) is 0 Å². The average Bonchev–Trinajstić information content (AvgIpc) is 2.42. The van der Waals surface area contributed by atoms with Crippen molar-refractivity contribution in [2.24, 2.45) is 0 Å². The Bertz CT molecular complexity index is 358. The number of hydrogen-bond donors (Lipinski definition) is 1. The molecule has 1 rings (SSSR count). The van der Waals surface area contributed by atoms with Crippen molar-refractivity contribution in [3.05, 3.63) is 18.3 Å². The maximum absolute atomic E-state index is 5.39. The summed E-state index contributed by atoms with van der Waals surface area (Å²) in [5, 5.41) is 3.38. The molecule has 4 heteroatoms. The number of nitrogens with zero attached hydrogens (tertiary/aromatic N) is 2. The molecular formula is C15H27N3O. The predicted molar refractivity (Wildman–Crippen MR) is 82.0 cm³/mol. The summed E-state index contributed by atoms with van der Waals surface area (Å²) in [7, 11) is 1.75. The highest BCUT2D eigenvalue weighted by Crippen LogP contribution is 2.16. The topological polar surface area (TPSA) is 37.4 Å². The maximum atomic E-state index is 5.39. The van der Waals surface area contributed by atoms with E-state index in [1.54, 1.807) is 7.11 Å². The molecule has 0 aliphatic heterocycles. The third-order valence-electron chi connectivity index (χ3n) is 3.44. The van der Waals surface area contributed by atoms with Crippen molar-refractivity contribution in [2.75, 3.05) is 37.0 Å². The third kappa shape index (κ3) is 5.07. The summed E-state index contributed by atoms with van der Waals surface area (Å²) in [5.41, 5.74) is 0.976. The number of rotatable bonds is 8. The zero-order valence-corrected chi connectivity index (χ0v) is 12.9. The third-order valence-corrected chi connectivity index (χ3v) is 3.44. The number of anilines is 2. The van der Waals surface area contributed by atoms with Crippen LogP contribution >= 0.6 is 0 Å². The van der Waals surface area contributed by atoms with Crippen LogP contribution in [0.4, 0.5) is 11.5 Å². The molecule has 0 saturated heterocycles. The fraction of sp³-hybridized carbons (Fsp3) is 0.667. The van der Waals surface area contributed by atoms with Crippen LogP contribution in [-0.4, -0.2) is 37.3 Å². The van der Waals surface area contributed by atoms with Gasteiger partial charge in [0.1, 0.15) is 5.82 Å². The first-order valence-corrected chi connectivity index (χ1v) is 7.02. The van der Waals surface area contributed by atoms with E-state index in [1.165, 1.54) is 0 Å². The molecule has 1 aromatic heterocycles. The van der Waals surface area contributed by atoms with Gasteiger partial charge in [-0.05, 0) is 46.2 Å². The van der Waals surface area contributed by atoms with Gasteiger partial charge in [-0.15, -0.1) is 0 Å². The van der Waals surface area contributed by atoms with Gasteiger partial charge in [0.2, 0.25) is 0 Å². The van der Waals surface area contributed by atoms with E-state index in [-0.39, 0.29) is 5.60 Å². The number of methoxy groups -OCH3 is 1. The first-order valence-electron chi connectivity index (χ1n) is 7.02. The molecule has 0 spiro atoms. The second-order valence-electron chi connectivity index (χ2n) is 5.22. The Morgan fingerprint density at radius 3 is 2.42 bits per heavy atom. The van der Waals surface area contributed by atoms with Crippen molar-refractivity contribution in [1.82, 2.24) is 4.98 Å². The number of hydrogen-bond acceptors (Lipinski definition) is 4. The van der Waals surface area contributed by atoms with E-state index >= 15 is 0 Å². The van der Waals surface area contributed by atoms with Crippen LogP contribution in [0.1, 0.15) is 34.1 Å². The Morgan fingerprint density at radius 2 is 1.95 bits per heavy atom. The molecule has 4 nitrogen and oxygen atoms in total. The molecule has 108 valence electrons. The highest BCUT2D eigenvalue weighted by atomic mass is 16.5. The van der Waals surface area contributed by atoms with Crippen LogP contribution < -0.4 is 10.2 Å². The van der Waals surface area contributed by atoms with Gasteiger partial charge in [-0.25, -0.2) is 4.98 Å². The second kappa shape index (κ2) is 7.34. The van der Waals surface area contributed by atoms with Gasteiger partial charge in [-0.3, -0.25) is 0 Å². The summed E-state index contributed by atoms with van der Waals surface area (Å²) < 4.78 is 5.39. The summed E-state index contributed by atoms with van der Waals surface area (Å²) in [6, 6.07) is 4.15. The van der Waals surface area contributed by atoms with Gasteiger partial charge in [-0.1, -0.05) is 0 Å². The molecule has 0 fully saturated rings. The summed E-state index contributed by atoms with van der Waals surface area (Å²) in [4.78, 5) is 6.72. The van der Waals surface area contributed by atoms with E-state index in [0.29, 0.717) is 0 Å². The van der Waals surface area contributed by atoms with Gasteiger partial charge in [0.05, 0.1) is 17.5 Å². The molecule has 0 aromatic carbocycles. The van der Waals surface area contributed by atoms with Crippen molar-refractivity contribution in [3.63, 3.8) is 0 Å². The first kappa shape index (κ1) is 15.8. The highest BCUT2D eigenvalue weighted by Gasteiger charge is 2.15. The zero-order chi connectivity index (χ0) is 14.3. The molecule has 1 aromatic rings.